The van der Waals surface area contributed by atoms with Gasteiger partial charge in [0.1, 0.15) is 17.3 Å². The molecule has 0 heterocycles. The zero-order valence-electron chi connectivity index (χ0n) is 18.2. The Bertz CT molecular complexity index is 1050. The smallest absolute Gasteiger partial charge is 0.333 e. The number of hydrogen-bond acceptors (Lipinski definition) is 5. The summed E-state index contributed by atoms with van der Waals surface area (Å²) in [7, 11) is 1.38. The molecule has 0 aromatic heterocycles. The van der Waals surface area contributed by atoms with Gasteiger partial charge in [-0.1, -0.05) is 12.1 Å². The van der Waals surface area contributed by atoms with Crippen molar-refractivity contribution in [2.45, 2.75) is 18.9 Å². The number of halogens is 1. The van der Waals surface area contributed by atoms with Crippen LogP contribution in [-0.4, -0.2) is 43.3 Å². The topological polar surface area (TPSA) is 82.1 Å². The van der Waals surface area contributed by atoms with E-state index in [1.807, 2.05) is 12.1 Å². The van der Waals surface area contributed by atoms with E-state index in [4.69, 9.17) is 19.3 Å². The minimum atomic E-state index is -0.994. The van der Waals surface area contributed by atoms with Crippen LogP contribution in [0.1, 0.15) is 27.9 Å². The van der Waals surface area contributed by atoms with Crippen molar-refractivity contribution in [2.24, 2.45) is 0 Å². The minimum absolute atomic E-state index is 0.179. The fourth-order valence-electron chi connectivity index (χ4n) is 3.12. The lowest BCUT2D eigenvalue weighted by Crippen LogP contribution is -2.24. The van der Waals surface area contributed by atoms with E-state index >= 15 is 0 Å². The maximum Gasteiger partial charge on any atom is 0.333 e. The maximum atomic E-state index is 13.0. The summed E-state index contributed by atoms with van der Waals surface area (Å²) in [4.78, 5) is 23.4. The molecule has 0 fully saturated rings. The van der Waals surface area contributed by atoms with Gasteiger partial charge in [-0.2, -0.15) is 0 Å². The van der Waals surface area contributed by atoms with Gasteiger partial charge in [0.25, 0.3) is 0 Å². The molecule has 33 heavy (non-hydrogen) atoms. The number of carbonyl (C=O) groups is 2. The van der Waals surface area contributed by atoms with Gasteiger partial charge in [-0.05, 0) is 66.2 Å². The van der Waals surface area contributed by atoms with E-state index in [0.29, 0.717) is 42.3 Å². The molecule has 0 spiro atoms. The van der Waals surface area contributed by atoms with Gasteiger partial charge >= 0.3 is 5.97 Å². The SMILES string of the molecule is COC(Cc1ccc(OCCCOc2ccc(C(=O)c3ccc(F)cc3)cc2)cc1)C(=O)O. The van der Waals surface area contributed by atoms with Crippen LogP contribution in [0.4, 0.5) is 4.39 Å². The standard InChI is InChI=1S/C26H25FO6/c1-31-24(26(29)30)17-18-3-11-22(12-4-18)32-15-2-16-33-23-13-7-20(8-14-23)25(28)19-5-9-21(27)10-6-19/h3-14,24H,2,15-17H2,1H3,(H,29,30). The summed E-state index contributed by atoms with van der Waals surface area (Å²) in [6, 6.07) is 19.5. The number of hydrogen-bond donors (Lipinski definition) is 1. The number of rotatable bonds is 12. The summed E-state index contributed by atoms with van der Waals surface area (Å²) in [5, 5.41) is 9.04. The molecule has 3 aromatic rings. The van der Waals surface area contributed by atoms with E-state index in [-0.39, 0.29) is 18.0 Å². The number of carboxylic acids is 1. The Balaban J connectivity index is 1.39. The van der Waals surface area contributed by atoms with Gasteiger partial charge in [-0.3, -0.25) is 4.79 Å². The quantitative estimate of drug-likeness (QED) is 0.321. The zero-order chi connectivity index (χ0) is 23.6. The molecule has 0 aliphatic carbocycles. The van der Waals surface area contributed by atoms with Gasteiger partial charge in [-0.15, -0.1) is 0 Å². The molecule has 172 valence electrons. The average molecular weight is 452 g/mol. The van der Waals surface area contributed by atoms with Gasteiger partial charge < -0.3 is 19.3 Å². The van der Waals surface area contributed by atoms with Crippen molar-refractivity contribution in [3.8, 4) is 11.5 Å². The molecular weight excluding hydrogens is 427 g/mol. The van der Waals surface area contributed by atoms with Crippen LogP contribution in [0.5, 0.6) is 11.5 Å². The summed E-state index contributed by atoms with van der Waals surface area (Å²) in [6.45, 7) is 0.897. The molecule has 6 nitrogen and oxygen atoms in total. The zero-order valence-corrected chi connectivity index (χ0v) is 18.2. The van der Waals surface area contributed by atoms with E-state index in [2.05, 4.69) is 0 Å². The van der Waals surface area contributed by atoms with E-state index in [1.54, 1.807) is 36.4 Å². The fraction of sp³-hybridized carbons (Fsp3) is 0.231. The number of ketones is 1. The number of methoxy groups -OCH3 is 1. The second-order valence-electron chi connectivity index (χ2n) is 7.32. The van der Waals surface area contributed by atoms with Crippen LogP contribution in [0.3, 0.4) is 0 Å². The number of aliphatic carboxylic acids is 1. The van der Waals surface area contributed by atoms with Crippen LogP contribution >= 0.6 is 0 Å². The number of carboxylic acid groups (broad SMARTS) is 1. The van der Waals surface area contributed by atoms with Gasteiger partial charge in [0.15, 0.2) is 11.9 Å². The highest BCUT2D eigenvalue weighted by atomic mass is 19.1. The van der Waals surface area contributed by atoms with Crippen molar-refractivity contribution in [1.82, 2.24) is 0 Å². The maximum absolute atomic E-state index is 13.0. The van der Waals surface area contributed by atoms with Crippen molar-refractivity contribution in [3.63, 3.8) is 0 Å². The van der Waals surface area contributed by atoms with E-state index in [1.165, 1.54) is 31.4 Å². The number of benzene rings is 3. The third kappa shape index (κ3) is 7.15. The molecule has 7 heteroatoms. The van der Waals surface area contributed by atoms with Crippen molar-refractivity contribution in [2.75, 3.05) is 20.3 Å². The molecule has 0 amide bonds. The third-order valence-electron chi connectivity index (χ3n) is 4.95. The summed E-state index contributed by atoms with van der Waals surface area (Å²) in [5.41, 5.74) is 1.78. The molecule has 3 rings (SSSR count). The Morgan fingerprint density at radius 2 is 1.30 bits per heavy atom. The van der Waals surface area contributed by atoms with Crippen LogP contribution in [-0.2, 0) is 16.0 Å². The Hall–Kier alpha value is -3.71. The van der Waals surface area contributed by atoms with Crippen LogP contribution in [0, 0.1) is 5.82 Å². The number of ether oxygens (including phenoxy) is 3. The highest BCUT2D eigenvalue weighted by molar-refractivity contribution is 6.08. The van der Waals surface area contributed by atoms with Crippen LogP contribution < -0.4 is 9.47 Å². The van der Waals surface area contributed by atoms with Gasteiger partial charge in [-0.25, -0.2) is 9.18 Å². The lowest BCUT2D eigenvalue weighted by Gasteiger charge is -2.11. The summed E-state index contributed by atoms with van der Waals surface area (Å²) < 4.78 is 29.3. The Morgan fingerprint density at radius 3 is 1.79 bits per heavy atom. The molecule has 0 aliphatic heterocycles. The van der Waals surface area contributed by atoms with Crippen LogP contribution in [0.15, 0.2) is 72.8 Å². The van der Waals surface area contributed by atoms with Gasteiger partial charge in [0, 0.05) is 31.1 Å². The molecule has 3 aromatic carbocycles. The first kappa shape index (κ1) is 23.9. The monoisotopic (exact) mass is 452 g/mol. The second kappa shape index (κ2) is 11.8. The first-order valence-corrected chi connectivity index (χ1v) is 10.5. The van der Waals surface area contributed by atoms with Crippen LogP contribution in [0.2, 0.25) is 0 Å². The van der Waals surface area contributed by atoms with Crippen molar-refractivity contribution in [1.29, 1.82) is 0 Å². The molecule has 0 radical (unpaired) electrons. The first-order valence-electron chi connectivity index (χ1n) is 10.5. The highest BCUT2D eigenvalue weighted by Crippen LogP contribution is 2.17. The summed E-state index contributed by atoms with van der Waals surface area (Å²) >= 11 is 0. The van der Waals surface area contributed by atoms with E-state index in [9.17, 15) is 14.0 Å². The molecule has 0 saturated carbocycles. The fourth-order valence-corrected chi connectivity index (χ4v) is 3.12. The average Bonchev–Trinajstić information content (AvgIpc) is 2.83. The summed E-state index contributed by atoms with van der Waals surface area (Å²) in [6.07, 6.45) is 0.0702. The van der Waals surface area contributed by atoms with Gasteiger partial charge in [0.05, 0.1) is 13.2 Å². The second-order valence-corrected chi connectivity index (χ2v) is 7.32. The molecule has 0 bridgehead atoms. The Morgan fingerprint density at radius 1 is 0.818 bits per heavy atom. The third-order valence-corrected chi connectivity index (χ3v) is 4.95. The molecule has 1 N–H and O–H groups in total. The molecule has 0 aliphatic rings. The molecule has 1 atom stereocenters. The minimum Gasteiger partial charge on any atom is -0.493 e. The predicted molar refractivity (Wildman–Crippen MR) is 120 cm³/mol. The van der Waals surface area contributed by atoms with Crippen molar-refractivity contribution in [3.05, 3.63) is 95.3 Å². The first-order chi connectivity index (χ1) is 16.0. The lowest BCUT2D eigenvalue weighted by atomic mass is 10.0. The van der Waals surface area contributed by atoms with E-state index in [0.717, 1.165) is 5.56 Å². The van der Waals surface area contributed by atoms with Crippen molar-refractivity contribution >= 4 is 11.8 Å². The predicted octanol–water partition coefficient (Wildman–Crippen LogP) is 4.55. The molecule has 1 unspecified atom stereocenters. The highest BCUT2D eigenvalue weighted by Gasteiger charge is 2.16. The van der Waals surface area contributed by atoms with Gasteiger partial charge in [0.2, 0.25) is 0 Å². The normalized spacial score (nSPS) is 11.6. The molecule has 0 saturated heterocycles. The van der Waals surface area contributed by atoms with Crippen LogP contribution in [0.25, 0.3) is 0 Å². The number of carbonyl (C=O) groups excluding carboxylic acids is 1. The largest absolute Gasteiger partial charge is 0.493 e. The van der Waals surface area contributed by atoms with E-state index < -0.39 is 12.1 Å². The Labute approximate surface area is 191 Å². The Kier molecular flexibility index (Phi) is 8.55. The molecular formula is C26H25FO6. The summed E-state index contributed by atoms with van der Waals surface area (Å²) in [5.74, 6) is -0.228. The van der Waals surface area contributed by atoms with Crippen molar-refractivity contribution < 1.29 is 33.3 Å². The lowest BCUT2D eigenvalue weighted by molar-refractivity contribution is -0.148.